The first-order valence-corrected chi connectivity index (χ1v) is 5.49. The monoisotopic (exact) mass is 240 g/mol. The van der Waals surface area contributed by atoms with Crippen molar-refractivity contribution in [2.24, 2.45) is 5.73 Å². The van der Waals surface area contributed by atoms with E-state index in [1.165, 1.54) is 12.1 Å². The van der Waals surface area contributed by atoms with Crippen molar-refractivity contribution in [3.63, 3.8) is 0 Å². The largest absolute Gasteiger partial charge is 0.483 e. The molecule has 0 saturated carbocycles. The molecule has 94 valence electrons. The molecule has 0 aliphatic carbocycles. The third-order valence-corrected chi connectivity index (χ3v) is 2.20. The fourth-order valence-corrected chi connectivity index (χ4v) is 1.40. The Balaban J connectivity index is 2.75. The van der Waals surface area contributed by atoms with Crippen LogP contribution < -0.4 is 15.8 Å². The van der Waals surface area contributed by atoms with Gasteiger partial charge in [0, 0.05) is 24.2 Å². The van der Waals surface area contributed by atoms with Crippen LogP contribution in [0.3, 0.4) is 0 Å². The lowest BCUT2D eigenvalue weighted by Gasteiger charge is -2.13. The highest BCUT2D eigenvalue weighted by Gasteiger charge is 2.10. The number of ether oxygens (including phenoxy) is 1. The Morgan fingerprint density at radius 2 is 2.29 bits per heavy atom. The maximum Gasteiger partial charge on any atom is 0.257 e. The highest BCUT2D eigenvalue weighted by Crippen LogP contribution is 2.24. The van der Waals surface area contributed by atoms with Gasteiger partial charge in [-0.25, -0.2) is 4.39 Å². The number of nitrogens with one attached hydrogen (secondary N) is 1. The quantitative estimate of drug-likeness (QED) is 0.816. The molecule has 0 spiro atoms. The zero-order valence-corrected chi connectivity index (χ0v) is 10.00. The van der Waals surface area contributed by atoms with Crippen LogP contribution in [0.1, 0.15) is 25.5 Å². The van der Waals surface area contributed by atoms with Crippen LogP contribution >= 0.6 is 0 Å². The second-order valence-corrected chi connectivity index (χ2v) is 3.71. The summed E-state index contributed by atoms with van der Waals surface area (Å²) in [4.78, 5) is 11.2. The van der Waals surface area contributed by atoms with Gasteiger partial charge in [-0.2, -0.15) is 0 Å². The molecule has 1 aromatic carbocycles. The fraction of sp³-hybridized carbons (Fsp3) is 0.417. The lowest BCUT2D eigenvalue weighted by atomic mass is 10.1. The van der Waals surface area contributed by atoms with Gasteiger partial charge in [-0.05, 0) is 19.9 Å². The maximum absolute atomic E-state index is 13.1. The summed E-state index contributed by atoms with van der Waals surface area (Å²) < 4.78 is 18.3. The van der Waals surface area contributed by atoms with E-state index in [9.17, 15) is 9.18 Å². The summed E-state index contributed by atoms with van der Waals surface area (Å²) in [5, 5.41) is 2.59. The highest BCUT2D eigenvalue weighted by atomic mass is 19.1. The van der Waals surface area contributed by atoms with Gasteiger partial charge in [-0.15, -0.1) is 0 Å². The van der Waals surface area contributed by atoms with Crippen molar-refractivity contribution < 1.29 is 13.9 Å². The van der Waals surface area contributed by atoms with Crippen molar-refractivity contribution >= 4 is 5.91 Å². The number of hydrogen-bond donors (Lipinski definition) is 2. The minimum atomic E-state index is -0.416. The molecule has 0 aliphatic heterocycles. The number of hydrogen-bond acceptors (Lipinski definition) is 3. The Morgan fingerprint density at radius 1 is 1.59 bits per heavy atom. The number of carbonyl (C=O) groups excluding carboxylic acids is 1. The molecule has 1 atom stereocenters. The second-order valence-electron chi connectivity index (χ2n) is 3.71. The van der Waals surface area contributed by atoms with Gasteiger partial charge in [0.25, 0.3) is 5.91 Å². The number of carbonyl (C=O) groups is 1. The molecule has 1 rings (SSSR count). The summed E-state index contributed by atoms with van der Waals surface area (Å²) in [6.45, 7) is 3.97. The molecule has 1 aromatic rings. The number of rotatable bonds is 5. The zero-order chi connectivity index (χ0) is 12.8. The van der Waals surface area contributed by atoms with Gasteiger partial charge in [-0.3, -0.25) is 4.79 Å². The van der Waals surface area contributed by atoms with E-state index in [4.69, 9.17) is 10.5 Å². The van der Waals surface area contributed by atoms with Crippen LogP contribution in [0, 0.1) is 5.82 Å². The molecule has 17 heavy (non-hydrogen) atoms. The Kier molecular flexibility index (Phi) is 4.90. The minimum absolute atomic E-state index is 0.142. The van der Waals surface area contributed by atoms with Crippen LogP contribution in [0.5, 0.6) is 5.75 Å². The normalized spacial score (nSPS) is 12.0. The van der Waals surface area contributed by atoms with E-state index in [1.807, 2.05) is 6.92 Å². The predicted molar refractivity (Wildman–Crippen MR) is 63.2 cm³/mol. The molecular formula is C12H17FN2O2. The van der Waals surface area contributed by atoms with E-state index in [0.29, 0.717) is 17.9 Å². The lowest BCUT2D eigenvalue weighted by Crippen LogP contribution is -2.28. The number of amides is 1. The molecule has 0 heterocycles. The van der Waals surface area contributed by atoms with Crippen molar-refractivity contribution in [1.82, 2.24) is 5.32 Å². The third-order valence-electron chi connectivity index (χ3n) is 2.20. The molecular weight excluding hydrogens is 223 g/mol. The third kappa shape index (κ3) is 4.03. The highest BCUT2D eigenvalue weighted by molar-refractivity contribution is 5.77. The van der Waals surface area contributed by atoms with E-state index in [1.54, 1.807) is 13.0 Å². The number of likely N-dealkylation sites (N-methyl/N-ethyl adjacent to an activating group) is 1. The molecule has 0 radical (unpaired) electrons. The number of nitrogens with two attached hydrogens (primary N) is 1. The summed E-state index contributed by atoms with van der Waals surface area (Å²) >= 11 is 0. The molecule has 1 amide bonds. The molecule has 0 unspecified atom stereocenters. The van der Waals surface area contributed by atoms with Crippen LogP contribution in [-0.2, 0) is 4.79 Å². The van der Waals surface area contributed by atoms with Crippen molar-refractivity contribution in [2.75, 3.05) is 13.2 Å². The maximum atomic E-state index is 13.1. The van der Waals surface area contributed by atoms with Crippen LogP contribution in [0.4, 0.5) is 4.39 Å². The molecule has 0 aliphatic rings. The van der Waals surface area contributed by atoms with Crippen molar-refractivity contribution in [2.45, 2.75) is 19.9 Å². The molecule has 0 aromatic heterocycles. The topological polar surface area (TPSA) is 64.3 Å². The Bertz CT molecular complexity index is 394. The minimum Gasteiger partial charge on any atom is -0.483 e. The van der Waals surface area contributed by atoms with Crippen LogP contribution in [-0.4, -0.2) is 19.1 Å². The molecule has 4 nitrogen and oxygen atoms in total. The van der Waals surface area contributed by atoms with Gasteiger partial charge in [-0.1, -0.05) is 6.07 Å². The molecule has 5 heteroatoms. The molecule has 0 fully saturated rings. The second kappa shape index (κ2) is 6.20. The van der Waals surface area contributed by atoms with E-state index < -0.39 is 5.82 Å². The van der Waals surface area contributed by atoms with Crippen LogP contribution in [0.15, 0.2) is 18.2 Å². The summed E-state index contributed by atoms with van der Waals surface area (Å²) in [5.74, 6) is -0.348. The Hall–Kier alpha value is -1.62. The average molecular weight is 240 g/mol. The van der Waals surface area contributed by atoms with Gasteiger partial charge < -0.3 is 15.8 Å². The number of halogens is 1. The van der Waals surface area contributed by atoms with Gasteiger partial charge in [0.15, 0.2) is 6.61 Å². The van der Waals surface area contributed by atoms with Gasteiger partial charge in [0.1, 0.15) is 11.6 Å². The molecule has 3 N–H and O–H groups in total. The van der Waals surface area contributed by atoms with E-state index in [0.717, 1.165) is 0 Å². The lowest BCUT2D eigenvalue weighted by molar-refractivity contribution is -0.123. The van der Waals surface area contributed by atoms with Crippen LogP contribution in [0.25, 0.3) is 0 Å². The van der Waals surface area contributed by atoms with E-state index >= 15 is 0 Å². The Morgan fingerprint density at radius 3 is 2.88 bits per heavy atom. The standard InChI is InChI=1S/C12H17FN2O2/c1-3-15-12(16)7-17-11-6-9(13)4-5-10(11)8(2)14/h4-6,8H,3,7,14H2,1-2H3,(H,15,16)/t8-/m0/s1. The first-order chi connectivity index (χ1) is 8.04. The van der Waals surface area contributed by atoms with Gasteiger partial charge >= 0.3 is 0 Å². The van der Waals surface area contributed by atoms with Crippen molar-refractivity contribution in [1.29, 1.82) is 0 Å². The van der Waals surface area contributed by atoms with Crippen molar-refractivity contribution in [3.05, 3.63) is 29.6 Å². The van der Waals surface area contributed by atoms with Gasteiger partial charge in [0.2, 0.25) is 0 Å². The van der Waals surface area contributed by atoms with Crippen molar-refractivity contribution in [3.8, 4) is 5.75 Å². The summed E-state index contributed by atoms with van der Waals surface area (Å²) in [6, 6.07) is 3.84. The number of benzene rings is 1. The summed E-state index contributed by atoms with van der Waals surface area (Å²) in [7, 11) is 0. The van der Waals surface area contributed by atoms with Gasteiger partial charge in [0.05, 0.1) is 0 Å². The SMILES string of the molecule is CCNC(=O)COc1cc(F)ccc1[C@H](C)N. The first kappa shape index (κ1) is 13.4. The summed E-state index contributed by atoms with van der Waals surface area (Å²) in [5.41, 5.74) is 6.40. The smallest absolute Gasteiger partial charge is 0.257 e. The predicted octanol–water partition coefficient (Wildman–Crippen LogP) is 1.36. The average Bonchev–Trinajstić information content (AvgIpc) is 2.26. The molecule has 0 bridgehead atoms. The zero-order valence-electron chi connectivity index (χ0n) is 10.00. The van der Waals surface area contributed by atoms with Crippen LogP contribution in [0.2, 0.25) is 0 Å². The van der Waals surface area contributed by atoms with E-state index in [2.05, 4.69) is 5.32 Å². The van der Waals surface area contributed by atoms with E-state index in [-0.39, 0.29) is 18.6 Å². The molecule has 0 saturated heterocycles. The fourth-order valence-electron chi connectivity index (χ4n) is 1.40. The summed E-state index contributed by atoms with van der Waals surface area (Å²) in [6.07, 6.45) is 0. The Labute approximate surface area is 100.0 Å². The first-order valence-electron chi connectivity index (χ1n) is 5.49.